The van der Waals surface area contributed by atoms with Crippen molar-refractivity contribution < 1.29 is 4.74 Å². The molecule has 3 N–H and O–H groups in total. The van der Waals surface area contributed by atoms with Gasteiger partial charge in [-0.1, -0.05) is 15.9 Å². The van der Waals surface area contributed by atoms with Crippen LogP contribution in [0.2, 0.25) is 0 Å². The van der Waals surface area contributed by atoms with Gasteiger partial charge >= 0.3 is 0 Å². The Morgan fingerprint density at radius 1 is 1.33 bits per heavy atom. The number of hydrogen-bond acceptors (Lipinski definition) is 2. The van der Waals surface area contributed by atoms with Crippen LogP contribution in [0.1, 0.15) is 24.4 Å². The lowest BCUT2D eigenvalue weighted by Gasteiger charge is -2.27. The third-order valence-electron chi connectivity index (χ3n) is 3.81. The van der Waals surface area contributed by atoms with E-state index in [0.29, 0.717) is 5.92 Å². The summed E-state index contributed by atoms with van der Waals surface area (Å²) in [6.45, 7) is 1.68. The van der Waals surface area contributed by atoms with Gasteiger partial charge in [0.2, 0.25) is 0 Å². The number of aromatic nitrogens is 1. The Morgan fingerprint density at radius 3 is 2.89 bits per heavy atom. The first-order valence-corrected chi connectivity index (χ1v) is 7.15. The molecule has 0 amide bonds. The molecule has 1 aromatic heterocycles. The Kier molecular flexibility index (Phi) is 3.41. The summed E-state index contributed by atoms with van der Waals surface area (Å²) in [6, 6.07) is 6.36. The van der Waals surface area contributed by atoms with Crippen LogP contribution in [0.15, 0.2) is 28.9 Å². The molecule has 0 unspecified atom stereocenters. The van der Waals surface area contributed by atoms with Crippen molar-refractivity contribution in [2.75, 3.05) is 13.2 Å². The Balaban J connectivity index is 1.95. The number of hydrogen-bond donors (Lipinski definition) is 2. The van der Waals surface area contributed by atoms with Gasteiger partial charge in [0.1, 0.15) is 0 Å². The minimum Gasteiger partial charge on any atom is -0.381 e. The number of rotatable bonds is 2. The molecule has 1 atom stereocenters. The van der Waals surface area contributed by atoms with Crippen molar-refractivity contribution in [2.45, 2.75) is 18.9 Å². The zero-order valence-corrected chi connectivity index (χ0v) is 11.7. The van der Waals surface area contributed by atoms with Crippen LogP contribution < -0.4 is 5.73 Å². The minimum atomic E-state index is 0.0944. The molecule has 0 bridgehead atoms. The quantitative estimate of drug-likeness (QED) is 0.894. The maximum absolute atomic E-state index is 6.44. The van der Waals surface area contributed by atoms with Crippen molar-refractivity contribution in [1.29, 1.82) is 0 Å². The van der Waals surface area contributed by atoms with Crippen LogP contribution in [-0.4, -0.2) is 18.2 Å². The van der Waals surface area contributed by atoms with Gasteiger partial charge in [-0.05, 0) is 42.5 Å². The topological polar surface area (TPSA) is 51.0 Å². The van der Waals surface area contributed by atoms with Crippen molar-refractivity contribution in [3.63, 3.8) is 0 Å². The van der Waals surface area contributed by atoms with E-state index in [1.807, 2.05) is 6.07 Å². The van der Waals surface area contributed by atoms with Crippen molar-refractivity contribution in [1.82, 2.24) is 4.98 Å². The van der Waals surface area contributed by atoms with Gasteiger partial charge in [0, 0.05) is 40.8 Å². The molecule has 96 valence electrons. The molecule has 1 saturated heterocycles. The van der Waals surface area contributed by atoms with E-state index < -0.39 is 0 Å². The van der Waals surface area contributed by atoms with Gasteiger partial charge in [0.25, 0.3) is 0 Å². The normalized spacial score (nSPS) is 19.2. The van der Waals surface area contributed by atoms with Gasteiger partial charge in [0.05, 0.1) is 0 Å². The second-order valence-corrected chi connectivity index (χ2v) is 5.83. The number of nitrogens with one attached hydrogen (secondary N) is 1. The minimum absolute atomic E-state index is 0.0944. The second-order valence-electron chi connectivity index (χ2n) is 4.91. The fourth-order valence-corrected chi connectivity index (χ4v) is 3.08. The molecular formula is C14H17BrN2O. The predicted molar refractivity (Wildman–Crippen MR) is 76.5 cm³/mol. The highest BCUT2D eigenvalue weighted by Gasteiger charge is 2.24. The van der Waals surface area contributed by atoms with E-state index in [1.165, 1.54) is 10.9 Å². The molecule has 3 nitrogen and oxygen atoms in total. The Morgan fingerprint density at radius 2 is 2.11 bits per heavy atom. The lowest BCUT2D eigenvalue weighted by Crippen LogP contribution is -2.27. The van der Waals surface area contributed by atoms with Crippen molar-refractivity contribution in [2.24, 2.45) is 11.7 Å². The molecule has 3 rings (SSSR count). The van der Waals surface area contributed by atoms with Gasteiger partial charge in [-0.3, -0.25) is 0 Å². The fourth-order valence-electron chi connectivity index (χ4n) is 2.72. The highest BCUT2D eigenvalue weighted by atomic mass is 79.9. The summed E-state index contributed by atoms with van der Waals surface area (Å²) in [5.41, 5.74) is 8.81. The maximum Gasteiger partial charge on any atom is 0.0469 e. The molecule has 2 aromatic rings. The van der Waals surface area contributed by atoms with E-state index in [4.69, 9.17) is 10.5 Å². The summed E-state index contributed by atoms with van der Waals surface area (Å²) in [7, 11) is 0. The number of ether oxygens (including phenoxy) is 1. The molecule has 2 heterocycles. The zero-order valence-electron chi connectivity index (χ0n) is 10.2. The van der Waals surface area contributed by atoms with Gasteiger partial charge < -0.3 is 15.5 Å². The number of halogens is 1. The number of benzene rings is 1. The third kappa shape index (κ3) is 2.20. The van der Waals surface area contributed by atoms with E-state index in [9.17, 15) is 0 Å². The summed E-state index contributed by atoms with van der Waals surface area (Å²) in [5.74, 6) is 0.525. The zero-order chi connectivity index (χ0) is 12.5. The predicted octanol–water partition coefficient (Wildman–Crippen LogP) is 3.36. The molecule has 0 radical (unpaired) electrons. The second kappa shape index (κ2) is 5.03. The van der Waals surface area contributed by atoms with Gasteiger partial charge in [-0.2, -0.15) is 0 Å². The first-order valence-electron chi connectivity index (χ1n) is 6.35. The lowest BCUT2D eigenvalue weighted by molar-refractivity contribution is 0.0585. The molecule has 0 aliphatic carbocycles. The van der Waals surface area contributed by atoms with E-state index in [0.717, 1.165) is 36.0 Å². The monoisotopic (exact) mass is 308 g/mol. The summed E-state index contributed by atoms with van der Waals surface area (Å²) >= 11 is 3.52. The van der Waals surface area contributed by atoms with Crippen LogP contribution in [0.4, 0.5) is 0 Å². The molecule has 1 aromatic carbocycles. The molecule has 1 aliphatic rings. The van der Waals surface area contributed by atoms with Gasteiger partial charge in [0.15, 0.2) is 0 Å². The Hall–Kier alpha value is -0.840. The molecule has 0 spiro atoms. The average Bonchev–Trinajstić information content (AvgIpc) is 2.82. The van der Waals surface area contributed by atoms with Crippen molar-refractivity contribution in [3.8, 4) is 0 Å². The van der Waals surface area contributed by atoms with Crippen LogP contribution in [0.3, 0.4) is 0 Å². The number of nitrogens with two attached hydrogens (primary N) is 1. The first-order chi connectivity index (χ1) is 8.75. The average molecular weight is 309 g/mol. The van der Waals surface area contributed by atoms with Gasteiger partial charge in [-0.25, -0.2) is 0 Å². The van der Waals surface area contributed by atoms with Crippen LogP contribution in [0.5, 0.6) is 0 Å². The molecule has 18 heavy (non-hydrogen) atoms. The maximum atomic E-state index is 6.44. The highest BCUT2D eigenvalue weighted by molar-refractivity contribution is 9.10. The van der Waals surface area contributed by atoms with E-state index >= 15 is 0 Å². The highest BCUT2D eigenvalue weighted by Crippen LogP contribution is 2.33. The molecule has 1 aliphatic heterocycles. The fraction of sp³-hybridized carbons (Fsp3) is 0.429. The Labute approximate surface area is 115 Å². The number of fused-ring (bicyclic) bond motifs is 1. The number of aromatic amines is 1. The Bertz CT molecular complexity index is 546. The standard InChI is InChI=1S/C14H17BrN2O/c15-10-1-2-13-11(7-10)12(8-17-13)14(16)9-3-5-18-6-4-9/h1-2,7-9,14,17H,3-6,16H2/t14-/m0/s1. The largest absolute Gasteiger partial charge is 0.381 e. The van der Waals surface area contributed by atoms with Crippen molar-refractivity contribution in [3.05, 3.63) is 34.4 Å². The summed E-state index contributed by atoms with van der Waals surface area (Å²) in [4.78, 5) is 3.30. The summed E-state index contributed by atoms with van der Waals surface area (Å²) < 4.78 is 6.50. The van der Waals surface area contributed by atoms with E-state index in [1.54, 1.807) is 0 Å². The molecule has 1 fully saturated rings. The van der Waals surface area contributed by atoms with Crippen molar-refractivity contribution >= 4 is 26.8 Å². The van der Waals surface area contributed by atoms with Crippen LogP contribution in [0, 0.1) is 5.92 Å². The summed E-state index contributed by atoms with van der Waals surface area (Å²) in [6.07, 6.45) is 4.17. The SMILES string of the molecule is N[C@H](c1c[nH]c2ccc(Br)cc12)C1CCOCC1. The van der Waals surface area contributed by atoms with Crippen LogP contribution in [0.25, 0.3) is 10.9 Å². The third-order valence-corrected chi connectivity index (χ3v) is 4.30. The van der Waals surface area contributed by atoms with E-state index in [2.05, 4.69) is 39.2 Å². The molecular weight excluding hydrogens is 292 g/mol. The number of H-pyrrole nitrogens is 1. The van der Waals surface area contributed by atoms with E-state index in [-0.39, 0.29) is 6.04 Å². The molecule has 0 saturated carbocycles. The smallest absolute Gasteiger partial charge is 0.0469 e. The molecule has 4 heteroatoms. The van der Waals surface area contributed by atoms with Crippen LogP contribution in [-0.2, 0) is 4.74 Å². The lowest BCUT2D eigenvalue weighted by atomic mass is 9.88. The summed E-state index contributed by atoms with van der Waals surface area (Å²) in [5, 5.41) is 1.23. The first kappa shape index (κ1) is 12.2. The van der Waals surface area contributed by atoms with Crippen LogP contribution >= 0.6 is 15.9 Å². The van der Waals surface area contributed by atoms with Gasteiger partial charge in [-0.15, -0.1) is 0 Å².